The maximum absolute atomic E-state index is 12.9. The van der Waals surface area contributed by atoms with Crippen molar-refractivity contribution in [3.8, 4) is 0 Å². The second-order valence-corrected chi connectivity index (χ2v) is 4.74. The molecule has 94 valence electrons. The van der Waals surface area contributed by atoms with E-state index in [4.69, 9.17) is 0 Å². The number of hydrogen-bond donors (Lipinski definition) is 2. The van der Waals surface area contributed by atoms with Gasteiger partial charge in [0.1, 0.15) is 12.2 Å². The highest BCUT2D eigenvalue weighted by atomic mass is 19.4. The molecule has 1 saturated carbocycles. The normalized spacial score (nSPS) is 41.2. The van der Waals surface area contributed by atoms with Crippen molar-refractivity contribution >= 4 is 0 Å². The lowest BCUT2D eigenvalue weighted by molar-refractivity contribution is -0.153. The summed E-state index contributed by atoms with van der Waals surface area (Å²) in [5.41, 5.74) is 4.99. The topological polar surface area (TPSA) is 24.1 Å². The lowest BCUT2D eigenvalue weighted by Gasteiger charge is -2.28. The van der Waals surface area contributed by atoms with Crippen molar-refractivity contribution in [3.63, 3.8) is 0 Å². The van der Waals surface area contributed by atoms with Gasteiger partial charge >= 0.3 is 6.18 Å². The van der Waals surface area contributed by atoms with Gasteiger partial charge in [0.2, 0.25) is 0 Å². The van der Waals surface area contributed by atoms with E-state index in [9.17, 15) is 17.6 Å². The number of halogens is 4. The molecule has 0 amide bonds. The fourth-order valence-electron chi connectivity index (χ4n) is 2.59. The summed E-state index contributed by atoms with van der Waals surface area (Å²) in [6.45, 7) is 0. The Bertz CT molecular complexity index is 235. The maximum atomic E-state index is 12.9. The molecule has 2 fully saturated rings. The van der Waals surface area contributed by atoms with Crippen LogP contribution in [0.15, 0.2) is 0 Å². The second-order valence-electron chi connectivity index (χ2n) is 4.74. The Morgan fingerprint density at radius 3 is 2.06 bits per heavy atom. The lowest BCUT2D eigenvalue weighted by atomic mass is 9.82. The van der Waals surface area contributed by atoms with Gasteiger partial charge in [0.25, 0.3) is 0 Å². The largest absolute Gasteiger partial charge is 0.405 e. The van der Waals surface area contributed by atoms with Crippen LogP contribution in [0.4, 0.5) is 17.6 Å². The van der Waals surface area contributed by atoms with E-state index in [2.05, 4.69) is 10.9 Å². The highest BCUT2D eigenvalue weighted by molar-refractivity contribution is 4.91. The van der Waals surface area contributed by atoms with Gasteiger partial charge in [0.15, 0.2) is 0 Å². The molecule has 1 aliphatic heterocycles. The molecule has 0 bridgehead atoms. The summed E-state index contributed by atoms with van der Waals surface area (Å²) in [6.07, 6.45) is -2.55. The quantitative estimate of drug-likeness (QED) is 0.687. The molecule has 2 unspecified atom stereocenters. The molecule has 0 aromatic heterocycles. The smallest absolute Gasteiger partial charge is 0.254 e. The molecule has 0 aromatic rings. The van der Waals surface area contributed by atoms with Crippen LogP contribution in [0.2, 0.25) is 0 Å². The Morgan fingerprint density at radius 1 is 0.938 bits per heavy atom. The first-order valence-electron chi connectivity index (χ1n) is 5.68. The third-order valence-corrected chi connectivity index (χ3v) is 3.60. The van der Waals surface area contributed by atoms with Crippen molar-refractivity contribution in [2.24, 2.45) is 5.92 Å². The van der Waals surface area contributed by atoms with E-state index in [-0.39, 0.29) is 18.4 Å². The van der Waals surface area contributed by atoms with Crippen LogP contribution < -0.4 is 10.9 Å². The molecule has 0 spiro atoms. The summed E-state index contributed by atoms with van der Waals surface area (Å²) in [4.78, 5) is 0. The molecule has 1 heterocycles. The zero-order valence-corrected chi connectivity index (χ0v) is 8.86. The van der Waals surface area contributed by atoms with Crippen LogP contribution in [0.3, 0.4) is 0 Å². The van der Waals surface area contributed by atoms with E-state index in [1.807, 2.05) is 0 Å². The van der Waals surface area contributed by atoms with E-state index in [0.717, 1.165) is 0 Å². The van der Waals surface area contributed by atoms with Crippen molar-refractivity contribution in [2.45, 2.75) is 56.5 Å². The van der Waals surface area contributed by atoms with Gasteiger partial charge in [0, 0.05) is 6.04 Å². The molecule has 6 heteroatoms. The van der Waals surface area contributed by atoms with Crippen molar-refractivity contribution in [1.29, 1.82) is 0 Å². The Kier molecular flexibility index (Phi) is 3.39. The van der Waals surface area contributed by atoms with Gasteiger partial charge < -0.3 is 0 Å². The van der Waals surface area contributed by atoms with Gasteiger partial charge in [-0.25, -0.2) is 9.82 Å². The van der Waals surface area contributed by atoms with E-state index in [1.54, 1.807) is 0 Å². The fourth-order valence-corrected chi connectivity index (χ4v) is 2.59. The Morgan fingerprint density at radius 2 is 1.56 bits per heavy atom. The second kappa shape index (κ2) is 4.49. The molecular formula is C10H16F4N2. The highest BCUT2D eigenvalue weighted by Gasteiger charge is 2.46. The summed E-state index contributed by atoms with van der Waals surface area (Å²) in [7, 11) is 0. The van der Waals surface area contributed by atoms with E-state index in [1.165, 1.54) is 0 Å². The Labute approximate surface area is 91.7 Å². The van der Waals surface area contributed by atoms with Crippen molar-refractivity contribution in [3.05, 3.63) is 0 Å². The fraction of sp³-hybridized carbons (Fsp3) is 1.00. The monoisotopic (exact) mass is 240 g/mol. The van der Waals surface area contributed by atoms with Crippen molar-refractivity contribution < 1.29 is 17.6 Å². The molecule has 2 N–H and O–H groups in total. The van der Waals surface area contributed by atoms with Crippen LogP contribution in [0, 0.1) is 5.92 Å². The summed E-state index contributed by atoms with van der Waals surface area (Å²) in [6, 6.07) is -1.63. The van der Waals surface area contributed by atoms with Crippen LogP contribution in [-0.2, 0) is 0 Å². The molecule has 2 rings (SSSR count). The summed E-state index contributed by atoms with van der Waals surface area (Å²) < 4.78 is 50.1. The van der Waals surface area contributed by atoms with E-state index < -0.39 is 18.4 Å². The van der Waals surface area contributed by atoms with E-state index in [0.29, 0.717) is 25.7 Å². The molecule has 16 heavy (non-hydrogen) atoms. The summed E-state index contributed by atoms with van der Waals surface area (Å²) >= 11 is 0. The van der Waals surface area contributed by atoms with Crippen molar-refractivity contribution in [1.82, 2.24) is 10.9 Å². The minimum Gasteiger partial charge on any atom is -0.254 e. The number of hydrazine groups is 1. The molecule has 2 atom stereocenters. The Hall–Kier alpha value is -0.360. The first kappa shape index (κ1) is 12.1. The van der Waals surface area contributed by atoms with Crippen LogP contribution >= 0.6 is 0 Å². The van der Waals surface area contributed by atoms with Crippen LogP contribution in [-0.4, -0.2) is 24.4 Å². The predicted octanol–water partition coefficient (Wildman–Crippen LogP) is 2.31. The molecule has 2 aliphatic rings. The first-order valence-corrected chi connectivity index (χ1v) is 5.68. The van der Waals surface area contributed by atoms with Gasteiger partial charge in [0.05, 0.1) is 0 Å². The Balaban J connectivity index is 1.84. The van der Waals surface area contributed by atoms with Crippen LogP contribution in [0.25, 0.3) is 0 Å². The number of nitrogens with one attached hydrogen (secondary N) is 2. The van der Waals surface area contributed by atoms with Crippen LogP contribution in [0.1, 0.15) is 32.1 Å². The zero-order chi connectivity index (χ0) is 11.8. The van der Waals surface area contributed by atoms with Gasteiger partial charge in [-0.1, -0.05) is 0 Å². The lowest BCUT2D eigenvalue weighted by Crippen LogP contribution is -2.42. The SMILES string of the molecule is FC1CCC(C2CC(C(F)(F)F)NN2)CC1. The van der Waals surface area contributed by atoms with Crippen LogP contribution in [0.5, 0.6) is 0 Å². The molecule has 0 aromatic carbocycles. The average Bonchev–Trinajstić information content (AvgIpc) is 2.67. The average molecular weight is 240 g/mol. The highest BCUT2D eigenvalue weighted by Crippen LogP contribution is 2.34. The number of rotatable bonds is 1. The molecule has 1 aliphatic carbocycles. The van der Waals surface area contributed by atoms with Gasteiger partial charge in [-0.2, -0.15) is 13.2 Å². The standard InChI is InChI=1S/C10H16F4N2/c11-7-3-1-6(2-4-7)8-5-9(16-15-8)10(12,13)14/h6-9,15-16H,1-5H2. The van der Waals surface area contributed by atoms with Gasteiger partial charge in [-0.3, -0.25) is 5.43 Å². The van der Waals surface area contributed by atoms with Crippen molar-refractivity contribution in [2.75, 3.05) is 0 Å². The van der Waals surface area contributed by atoms with Gasteiger partial charge in [-0.15, -0.1) is 0 Å². The first-order chi connectivity index (χ1) is 7.47. The maximum Gasteiger partial charge on any atom is 0.405 e. The zero-order valence-electron chi connectivity index (χ0n) is 8.86. The molecular weight excluding hydrogens is 224 g/mol. The minimum atomic E-state index is -4.20. The molecule has 0 radical (unpaired) electrons. The number of alkyl halides is 4. The molecule has 2 nitrogen and oxygen atoms in total. The summed E-state index contributed by atoms with van der Waals surface area (Å²) in [5.74, 6) is 0.173. The number of hydrogen-bond acceptors (Lipinski definition) is 2. The third-order valence-electron chi connectivity index (χ3n) is 3.60. The molecule has 1 saturated heterocycles. The predicted molar refractivity (Wildman–Crippen MR) is 51.4 cm³/mol. The van der Waals surface area contributed by atoms with Gasteiger partial charge in [-0.05, 0) is 38.0 Å². The van der Waals surface area contributed by atoms with E-state index >= 15 is 0 Å². The minimum absolute atomic E-state index is 0.0606. The summed E-state index contributed by atoms with van der Waals surface area (Å²) in [5, 5.41) is 0. The third kappa shape index (κ3) is 2.66.